The van der Waals surface area contributed by atoms with Crippen LogP contribution in [0.2, 0.25) is 5.02 Å². The molecule has 1 N–H and O–H groups in total. The Morgan fingerprint density at radius 2 is 2.05 bits per heavy atom. The van der Waals surface area contributed by atoms with Gasteiger partial charge in [-0.2, -0.15) is 0 Å². The fourth-order valence-corrected chi connectivity index (χ4v) is 1.95. The minimum atomic E-state index is -0.220. The summed E-state index contributed by atoms with van der Waals surface area (Å²) in [6.07, 6.45) is 1.66. The highest BCUT2D eigenvalue weighted by atomic mass is 35.5. The van der Waals surface area contributed by atoms with Crippen LogP contribution >= 0.6 is 11.6 Å². The number of ether oxygens (including phenoxy) is 2. The summed E-state index contributed by atoms with van der Waals surface area (Å²) in [7, 11) is 3.00. The molecular weight excluding hydrogens is 282 g/mol. The van der Waals surface area contributed by atoms with Crippen molar-refractivity contribution >= 4 is 23.2 Å². The minimum absolute atomic E-state index is 0.140. The fourth-order valence-electron chi connectivity index (χ4n) is 1.72. The number of rotatable bonds is 5. The molecule has 0 fully saturated rings. The van der Waals surface area contributed by atoms with Gasteiger partial charge in [0.05, 0.1) is 37.6 Å². The standard InChI is InChI=1S/C14H14ClNO4/c1-18-12-8-11(13(19-2)7-10(12)15)16-14(17)6-9-4-3-5-20-9/h3-5,7-8H,6H2,1-2H3,(H,16,17). The van der Waals surface area contributed by atoms with Gasteiger partial charge in [-0.3, -0.25) is 4.79 Å². The predicted octanol–water partition coefficient (Wildman–Crippen LogP) is 3.13. The molecule has 0 bridgehead atoms. The molecule has 0 radical (unpaired) electrons. The van der Waals surface area contributed by atoms with Gasteiger partial charge in [-0.25, -0.2) is 0 Å². The Morgan fingerprint density at radius 3 is 2.65 bits per heavy atom. The molecular formula is C14H14ClNO4. The second kappa shape index (κ2) is 6.34. The average Bonchev–Trinajstić information content (AvgIpc) is 2.92. The van der Waals surface area contributed by atoms with Crippen LogP contribution < -0.4 is 14.8 Å². The SMILES string of the molecule is COc1cc(NC(=O)Cc2ccco2)c(OC)cc1Cl. The van der Waals surface area contributed by atoms with Crippen molar-refractivity contribution in [3.8, 4) is 11.5 Å². The molecule has 1 amide bonds. The molecule has 106 valence electrons. The summed E-state index contributed by atoms with van der Waals surface area (Å²) in [4.78, 5) is 11.9. The Bertz CT molecular complexity index is 595. The Morgan fingerprint density at radius 1 is 1.30 bits per heavy atom. The topological polar surface area (TPSA) is 60.7 Å². The van der Waals surface area contributed by atoms with Crippen molar-refractivity contribution in [3.63, 3.8) is 0 Å². The fraction of sp³-hybridized carbons (Fsp3) is 0.214. The van der Waals surface area contributed by atoms with Gasteiger partial charge in [0.2, 0.25) is 5.91 Å². The first-order valence-electron chi connectivity index (χ1n) is 5.87. The van der Waals surface area contributed by atoms with Crippen molar-refractivity contribution < 1.29 is 18.7 Å². The van der Waals surface area contributed by atoms with Crippen LogP contribution in [-0.4, -0.2) is 20.1 Å². The van der Waals surface area contributed by atoms with Crippen molar-refractivity contribution in [1.82, 2.24) is 0 Å². The Balaban J connectivity index is 2.17. The molecule has 1 aromatic heterocycles. The normalized spacial score (nSPS) is 10.2. The van der Waals surface area contributed by atoms with Crippen LogP contribution in [0.15, 0.2) is 34.9 Å². The number of hydrogen-bond acceptors (Lipinski definition) is 4. The van der Waals surface area contributed by atoms with Gasteiger partial charge in [0, 0.05) is 12.1 Å². The van der Waals surface area contributed by atoms with E-state index in [9.17, 15) is 4.79 Å². The first-order chi connectivity index (χ1) is 9.63. The van der Waals surface area contributed by atoms with Crippen LogP contribution in [0.25, 0.3) is 0 Å². The lowest BCUT2D eigenvalue weighted by atomic mass is 10.2. The highest BCUT2D eigenvalue weighted by Gasteiger charge is 2.13. The lowest BCUT2D eigenvalue weighted by Gasteiger charge is -2.12. The number of carbonyl (C=O) groups excluding carboxylic acids is 1. The van der Waals surface area contributed by atoms with Gasteiger partial charge in [0.1, 0.15) is 17.3 Å². The number of amides is 1. The second-order valence-corrected chi connectivity index (χ2v) is 4.40. The molecule has 2 aromatic rings. The van der Waals surface area contributed by atoms with Crippen LogP contribution in [0.4, 0.5) is 5.69 Å². The molecule has 5 nitrogen and oxygen atoms in total. The minimum Gasteiger partial charge on any atom is -0.495 e. The molecule has 1 heterocycles. The summed E-state index contributed by atoms with van der Waals surface area (Å²) >= 11 is 6.00. The number of anilines is 1. The maximum absolute atomic E-state index is 11.9. The zero-order chi connectivity index (χ0) is 14.5. The van der Waals surface area contributed by atoms with E-state index < -0.39 is 0 Å². The number of halogens is 1. The Hall–Kier alpha value is -2.14. The number of benzene rings is 1. The summed E-state index contributed by atoms with van der Waals surface area (Å²) in [5.41, 5.74) is 0.491. The largest absolute Gasteiger partial charge is 0.495 e. The molecule has 0 aliphatic rings. The summed E-state index contributed by atoms with van der Waals surface area (Å²) < 4.78 is 15.4. The van der Waals surface area contributed by atoms with E-state index in [1.54, 1.807) is 24.3 Å². The molecule has 0 saturated heterocycles. The molecule has 0 aliphatic heterocycles. The quantitative estimate of drug-likeness (QED) is 0.920. The molecule has 0 unspecified atom stereocenters. The van der Waals surface area contributed by atoms with Crippen LogP contribution in [0, 0.1) is 0 Å². The lowest BCUT2D eigenvalue weighted by Crippen LogP contribution is -2.14. The molecule has 0 atom stereocenters. The first-order valence-corrected chi connectivity index (χ1v) is 6.25. The van der Waals surface area contributed by atoms with E-state index in [4.69, 9.17) is 25.5 Å². The van der Waals surface area contributed by atoms with Gasteiger partial charge in [-0.1, -0.05) is 11.6 Å². The number of furan rings is 1. The van der Waals surface area contributed by atoms with Gasteiger partial charge in [0.25, 0.3) is 0 Å². The van der Waals surface area contributed by atoms with E-state index >= 15 is 0 Å². The number of hydrogen-bond donors (Lipinski definition) is 1. The highest BCUT2D eigenvalue weighted by molar-refractivity contribution is 6.32. The van der Waals surface area contributed by atoms with Gasteiger partial charge < -0.3 is 19.2 Å². The highest BCUT2D eigenvalue weighted by Crippen LogP contribution is 2.35. The maximum Gasteiger partial charge on any atom is 0.232 e. The summed E-state index contributed by atoms with van der Waals surface area (Å²) in [6.45, 7) is 0. The van der Waals surface area contributed by atoms with Gasteiger partial charge in [-0.05, 0) is 12.1 Å². The molecule has 0 saturated carbocycles. The van der Waals surface area contributed by atoms with Crippen molar-refractivity contribution in [2.75, 3.05) is 19.5 Å². The van der Waals surface area contributed by atoms with Crippen molar-refractivity contribution in [1.29, 1.82) is 0 Å². The van der Waals surface area contributed by atoms with Crippen LogP contribution in [0.5, 0.6) is 11.5 Å². The molecule has 6 heteroatoms. The maximum atomic E-state index is 11.9. The zero-order valence-electron chi connectivity index (χ0n) is 11.1. The average molecular weight is 296 g/mol. The molecule has 0 aliphatic carbocycles. The summed E-state index contributed by atoms with van der Waals surface area (Å²) in [5.74, 6) is 1.29. The van der Waals surface area contributed by atoms with Crippen molar-refractivity contribution in [2.24, 2.45) is 0 Å². The Kier molecular flexibility index (Phi) is 4.53. The number of carbonyl (C=O) groups is 1. The smallest absolute Gasteiger partial charge is 0.232 e. The van der Waals surface area contributed by atoms with E-state index in [2.05, 4.69) is 5.32 Å². The number of nitrogens with one attached hydrogen (secondary N) is 1. The monoisotopic (exact) mass is 295 g/mol. The van der Waals surface area contributed by atoms with Crippen LogP contribution in [0.1, 0.15) is 5.76 Å². The van der Waals surface area contributed by atoms with E-state index in [1.807, 2.05) is 0 Å². The van der Waals surface area contributed by atoms with E-state index in [1.165, 1.54) is 20.5 Å². The summed E-state index contributed by atoms with van der Waals surface area (Å²) in [6, 6.07) is 6.66. The third-order valence-electron chi connectivity index (χ3n) is 2.66. The van der Waals surface area contributed by atoms with Crippen molar-refractivity contribution in [2.45, 2.75) is 6.42 Å². The van der Waals surface area contributed by atoms with Gasteiger partial charge in [0.15, 0.2) is 0 Å². The lowest BCUT2D eigenvalue weighted by molar-refractivity contribution is -0.115. The van der Waals surface area contributed by atoms with E-state index in [-0.39, 0.29) is 12.3 Å². The van der Waals surface area contributed by atoms with E-state index in [0.29, 0.717) is 28.0 Å². The third kappa shape index (κ3) is 3.24. The third-order valence-corrected chi connectivity index (χ3v) is 2.96. The zero-order valence-corrected chi connectivity index (χ0v) is 11.9. The first kappa shape index (κ1) is 14.3. The van der Waals surface area contributed by atoms with Gasteiger partial charge >= 0.3 is 0 Å². The van der Waals surface area contributed by atoms with Crippen molar-refractivity contribution in [3.05, 3.63) is 41.3 Å². The molecule has 1 aromatic carbocycles. The summed E-state index contributed by atoms with van der Waals surface area (Å²) in [5, 5.41) is 3.15. The van der Waals surface area contributed by atoms with Crippen LogP contribution in [0.3, 0.4) is 0 Å². The molecule has 20 heavy (non-hydrogen) atoms. The second-order valence-electron chi connectivity index (χ2n) is 3.99. The van der Waals surface area contributed by atoms with Crippen LogP contribution in [-0.2, 0) is 11.2 Å². The molecule has 2 rings (SSSR count). The Labute approximate surface area is 121 Å². The number of methoxy groups -OCH3 is 2. The van der Waals surface area contributed by atoms with Gasteiger partial charge in [-0.15, -0.1) is 0 Å². The molecule has 0 spiro atoms. The predicted molar refractivity (Wildman–Crippen MR) is 75.6 cm³/mol. The van der Waals surface area contributed by atoms with E-state index in [0.717, 1.165) is 0 Å².